The van der Waals surface area contributed by atoms with Crippen LogP contribution in [0.1, 0.15) is 27.4 Å². The molecule has 2 heterocycles. The topological polar surface area (TPSA) is 65.7 Å². The van der Waals surface area contributed by atoms with Gasteiger partial charge < -0.3 is 15.1 Å². The number of furan rings is 1. The Morgan fingerprint density at radius 1 is 1.39 bits per heavy atom. The molecule has 0 radical (unpaired) electrons. The van der Waals surface area contributed by atoms with Crippen molar-refractivity contribution in [1.82, 2.24) is 20.5 Å². The van der Waals surface area contributed by atoms with Crippen molar-refractivity contribution >= 4 is 17.3 Å². The first-order valence-corrected chi connectivity index (χ1v) is 8.40. The van der Waals surface area contributed by atoms with Crippen LogP contribution in [0.2, 0.25) is 0 Å². The third kappa shape index (κ3) is 4.80. The first-order valence-electron chi connectivity index (χ1n) is 7.58. The van der Waals surface area contributed by atoms with Crippen LogP contribution in [0.15, 0.2) is 27.8 Å². The summed E-state index contributed by atoms with van der Waals surface area (Å²) in [6.07, 6.45) is 1.70. The summed E-state index contributed by atoms with van der Waals surface area (Å²) in [7, 11) is 5.84. The van der Waals surface area contributed by atoms with Gasteiger partial charge in [-0.15, -0.1) is 11.3 Å². The van der Waals surface area contributed by atoms with Crippen molar-refractivity contribution in [3.05, 3.63) is 39.7 Å². The van der Waals surface area contributed by atoms with Crippen LogP contribution in [0.4, 0.5) is 0 Å². The Balaban J connectivity index is 1.89. The molecule has 2 aromatic rings. The van der Waals surface area contributed by atoms with Crippen LogP contribution in [-0.4, -0.2) is 43.5 Å². The first-order chi connectivity index (χ1) is 11.0. The number of rotatable bonds is 6. The summed E-state index contributed by atoms with van der Waals surface area (Å²) < 4.78 is 5.52. The molecule has 0 aromatic carbocycles. The van der Waals surface area contributed by atoms with E-state index in [1.165, 1.54) is 4.88 Å². The zero-order valence-electron chi connectivity index (χ0n) is 14.4. The monoisotopic (exact) mass is 335 g/mol. The molecule has 126 valence electrons. The molecule has 0 spiro atoms. The minimum Gasteiger partial charge on any atom is -0.468 e. The van der Waals surface area contributed by atoms with Gasteiger partial charge in [0.1, 0.15) is 10.8 Å². The highest BCUT2D eigenvalue weighted by Crippen LogP contribution is 2.18. The molecule has 0 aliphatic heterocycles. The van der Waals surface area contributed by atoms with Gasteiger partial charge in [-0.05, 0) is 40.1 Å². The fourth-order valence-corrected chi connectivity index (χ4v) is 3.08. The molecular formula is C16H25N5OS. The molecular weight excluding hydrogens is 310 g/mol. The predicted molar refractivity (Wildman–Crippen MR) is 94.9 cm³/mol. The molecule has 0 saturated carbocycles. The summed E-state index contributed by atoms with van der Waals surface area (Å²) >= 11 is 1.71. The lowest BCUT2D eigenvalue weighted by Crippen LogP contribution is -2.41. The number of nitrogens with zero attached hydrogens (tertiary/aromatic N) is 3. The maximum absolute atomic E-state index is 5.52. The van der Waals surface area contributed by atoms with Crippen LogP contribution >= 0.6 is 11.3 Å². The number of hydrogen-bond acceptors (Lipinski definition) is 5. The van der Waals surface area contributed by atoms with Crippen LogP contribution in [0.25, 0.3) is 0 Å². The zero-order chi connectivity index (χ0) is 16.8. The molecule has 2 rings (SSSR count). The molecule has 0 saturated heterocycles. The second kappa shape index (κ2) is 8.12. The largest absolute Gasteiger partial charge is 0.468 e. The molecule has 2 N–H and O–H groups in total. The Kier molecular flexibility index (Phi) is 6.18. The fraction of sp³-hybridized carbons (Fsp3) is 0.500. The van der Waals surface area contributed by atoms with Crippen molar-refractivity contribution in [2.45, 2.75) is 26.4 Å². The average Bonchev–Trinajstić information content (AvgIpc) is 3.13. The number of aromatic nitrogens is 1. The third-order valence-electron chi connectivity index (χ3n) is 3.66. The van der Waals surface area contributed by atoms with Gasteiger partial charge in [-0.3, -0.25) is 9.89 Å². The molecule has 23 heavy (non-hydrogen) atoms. The van der Waals surface area contributed by atoms with Crippen LogP contribution < -0.4 is 10.6 Å². The number of guanidine groups is 1. The van der Waals surface area contributed by atoms with Gasteiger partial charge in [-0.25, -0.2) is 4.98 Å². The van der Waals surface area contributed by atoms with E-state index in [0.717, 1.165) is 22.4 Å². The lowest BCUT2D eigenvalue weighted by molar-refractivity contribution is 0.258. The average molecular weight is 335 g/mol. The second-order valence-electron chi connectivity index (χ2n) is 5.55. The molecule has 0 bridgehead atoms. The lowest BCUT2D eigenvalue weighted by Gasteiger charge is -2.23. The Morgan fingerprint density at radius 2 is 2.17 bits per heavy atom. The maximum Gasteiger partial charge on any atom is 0.191 e. The van der Waals surface area contributed by atoms with Gasteiger partial charge in [0.2, 0.25) is 0 Å². The predicted octanol–water partition coefficient (Wildman–Crippen LogP) is 2.32. The van der Waals surface area contributed by atoms with Crippen molar-refractivity contribution in [2.75, 3.05) is 27.7 Å². The minimum atomic E-state index is 0.146. The second-order valence-corrected chi connectivity index (χ2v) is 6.84. The number of hydrogen-bond donors (Lipinski definition) is 2. The van der Waals surface area contributed by atoms with E-state index in [0.29, 0.717) is 13.1 Å². The molecule has 0 amide bonds. The smallest absolute Gasteiger partial charge is 0.191 e. The normalized spacial score (nSPS) is 13.4. The van der Waals surface area contributed by atoms with Gasteiger partial charge in [0.15, 0.2) is 5.96 Å². The third-order valence-corrected chi connectivity index (χ3v) is 4.73. The van der Waals surface area contributed by atoms with Crippen LogP contribution in [0, 0.1) is 13.8 Å². The highest BCUT2D eigenvalue weighted by atomic mass is 32.1. The fourth-order valence-electron chi connectivity index (χ4n) is 2.21. The van der Waals surface area contributed by atoms with E-state index in [9.17, 15) is 0 Å². The summed E-state index contributed by atoms with van der Waals surface area (Å²) in [5.41, 5.74) is 1.10. The number of thiazole rings is 1. The zero-order valence-corrected chi connectivity index (χ0v) is 15.2. The van der Waals surface area contributed by atoms with Crippen LogP contribution in [0.3, 0.4) is 0 Å². The summed E-state index contributed by atoms with van der Waals surface area (Å²) in [5.74, 6) is 1.69. The van der Waals surface area contributed by atoms with E-state index in [-0.39, 0.29) is 6.04 Å². The summed E-state index contributed by atoms with van der Waals surface area (Å²) in [4.78, 5) is 12.2. The highest BCUT2D eigenvalue weighted by molar-refractivity contribution is 7.11. The molecule has 0 fully saturated rings. The van der Waals surface area contributed by atoms with E-state index in [4.69, 9.17) is 4.42 Å². The molecule has 7 heteroatoms. The van der Waals surface area contributed by atoms with Gasteiger partial charge in [0, 0.05) is 18.5 Å². The SMILES string of the molecule is CN=C(NCc1nc(C)c(C)s1)NCC(c1ccco1)N(C)C. The first kappa shape index (κ1) is 17.5. The van der Waals surface area contributed by atoms with Crippen LogP contribution in [0.5, 0.6) is 0 Å². The molecule has 1 unspecified atom stereocenters. The van der Waals surface area contributed by atoms with Crippen molar-refractivity contribution in [1.29, 1.82) is 0 Å². The van der Waals surface area contributed by atoms with E-state index < -0.39 is 0 Å². The molecule has 0 aliphatic carbocycles. The van der Waals surface area contributed by atoms with Gasteiger partial charge in [0.25, 0.3) is 0 Å². The molecule has 2 aromatic heterocycles. The number of likely N-dealkylation sites (N-methyl/N-ethyl adjacent to an activating group) is 1. The standard InChI is InChI=1S/C16H25N5OS/c1-11-12(2)23-15(20-11)10-19-16(17-3)18-9-13(21(4)5)14-7-6-8-22-14/h6-8,13H,9-10H2,1-5H3,(H2,17,18,19). The number of aryl methyl sites for hydroxylation is 2. The Morgan fingerprint density at radius 3 is 2.70 bits per heavy atom. The van der Waals surface area contributed by atoms with Gasteiger partial charge in [-0.2, -0.15) is 0 Å². The van der Waals surface area contributed by atoms with Gasteiger partial charge in [0.05, 0.1) is 24.5 Å². The van der Waals surface area contributed by atoms with E-state index >= 15 is 0 Å². The van der Waals surface area contributed by atoms with Crippen molar-refractivity contribution in [2.24, 2.45) is 4.99 Å². The van der Waals surface area contributed by atoms with Gasteiger partial charge in [-0.1, -0.05) is 0 Å². The molecule has 0 aliphatic rings. The molecule has 1 atom stereocenters. The highest BCUT2D eigenvalue weighted by Gasteiger charge is 2.17. The number of aliphatic imine (C=N–C) groups is 1. The number of nitrogens with one attached hydrogen (secondary N) is 2. The summed E-state index contributed by atoms with van der Waals surface area (Å²) in [5, 5.41) is 7.72. The van der Waals surface area contributed by atoms with E-state index in [2.05, 4.69) is 32.4 Å². The Labute approximate surface area is 141 Å². The maximum atomic E-state index is 5.52. The minimum absolute atomic E-state index is 0.146. The van der Waals surface area contributed by atoms with Crippen molar-refractivity contribution in [3.63, 3.8) is 0 Å². The summed E-state index contributed by atoms with van der Waals surface area (Å²) in [6, 6.07) is 4.04. The van der Waals surface area contributed by atoms with Crippen molar-refractivity contribution < 1.29 is 4.42 Å². The Bertz CT molecular complexity index is 613. The van der Waals surface area contributed by atoms with Crippen LogP contribution in [-0.2, 0) is 6.54 Å². The van der Waals surface area contributed by atoms with E-state index in [1.807, 2.05) is 33.2 Å². The Hall–Kier alpha value is -1.86. The van der Waals surface area contributed by atoms with Gasteiger partial charge >= 0.3 is 0 Å². The lowest BCUT2D eigenvalue weighted by atomic mass is 10.2. The quantitative estimate of drug-likeness (QED) is 0.626. The molecule has 6 nitrogen and oxygen atoms in total. The van der Waals surface area contributed by atoms with E-state index in [1.54, 1.807) is 24.6 Å². The summed E-state index contributed by atoms with van der Waals surface area (Å²) in [6.45, 7) is 5.50. The van der Waals surface area contributed by atoms with Crippen molar-refractivity contribution in [3.8, 4) is 0 Å².